The lowest BCUT2D eigenvalue weighted by molar-refractivity contribution is -0.172. The minimum absolute atomic E-state index is 0.0720. The van der Waals surface area contributed by atoms with Gasteiger partial charge in [0.15, 0.2) is 0 Å². The number of carbonyl (C=O) groups excluding carboxylic acids is 2. The Kier molecular flexibility index (Phi) is 3.71. The molecule has 3 rings (SSSR count). The number of hydrogen-bond donors (Lipinski definition) is 0. The van der Waals surface area contributed by atoms with Crippen LogP contribution in [0, 0.1) is 5.92 Å². The molecule has 1 aromatic rings. The molecule has 0 aliphatic carbocycles. The number of nitrogens with zero attached hydrogens (tertiary/aromatic N) is 2. The van der Waals surface area contributed by atoms with Crippen molar-refractivity contribution in [1.29, 1.82) is 0 Å². The summed E-state index contributed by atoms with van der Waals surface area (Å²) in [5.74, 6) is -0.184. The molecule has 2 amide bonds. The zero-order valence-electron chi connectivity index (χ0n) is 12.6. The first-order chi connectivity index (χ1) is 10.6. The van der Waals surface area contributed by atoms with Gasteiger partial charge in [0.2, 0.25) is 5.91 Å². The predicted molar refractivity (Wildman–Crippen MR) is 81.2 cm³/mol. The molecule has 0 spiro atoms. The molecule has 0 unspecified atom stereocenters. The van der Waals surface area contributed by atoms with Gasteiger partial charge >= 0.3 is 6.09 Å². The van der Waals surface area contributed by atoms with E-state index in [2.05, 4.69) is 0 Å². The van der Waals surface area contributed by atoms with E-state index in [1.54, 1.807) is 6.20 Å². The van der Waals surface area contributed by atoms with Crippen LogP contribution >= 0.6 is 0 Å². The summed E-state index contributed by atoms with van der Waals surface area (Å²) >= 11 is 0. The van der Waals surface area contributed by atoms with E-state index in [4.69, 9.17) is 4.74 Å². The fourth-order valence-corrected chi connectivity index (χ4v) is 2.62. The molecule has 0 saturated carbocycles. The van der Waals surface area contributed by atoms with Crippen molar-refractivity contribution in [2.24, 2.45) is 5.92 Å². The third kappa shape index (κ3) is 2.50. The molecule has 2 aliphatic rings. The maximum atomic E-state index is 12.3. The summed E-state index contributed by atoms with van der Waals surface area (Å²) < 4.78 is 5.31. The van der Waals surface area contributed by atoms with Gasteiger partial charge in [-0.05, 0) is 18.6 Å². The van der Waals surface area contributed by atoms with Gasteiger partial charge in [0.05, 0.1) is 12.0 Å². The van der Waals surface area contributed by atoms with Crippen molar-refractivity contribution >= 4 is 12.0 Å². The Balaban J connectivity index is 1.71. The Bertz CT molecular complexity index is 651. The van der Waals surface area contributed by atoms with E-state index in [1.807, 2.05) is 56.3 Å². The molecule has 1 aromatic carbocycles. The fourth-order valence-electron chi connectivity index (χ4n) is 2.62. The first kappa shape index (κ1) is 14.4. The summed E-state index contributed by atoms with van der Waals surface area (Å²) in [5.41, 5.74) is 1.93. The lowest BCUT2D eigenvalue weighted by atomic mass is 9.90. The van der Waals surface area contributed by atoms with E-state index >= 15 is 0 Å². The maximum Gasteiger partial charge on any atom is 0.433 e. The van der Waals surface area contributed by atoms with Gasteiger partial charge in [0.25, 0.3) is 0 Å². The zero-order valence-corrected chi connectivity index (χ0v) is 12.6. The highest BCUT2D eigenvalue weighted by Gasteiger charge is 2.48. The van der Waals surface area contributed by atoms with Crippen LogP contribution in [0.3, 0.4) is 0 Å². The van der Waals surface area contributed by atoms with Gasteiger partial charge in [-0.3, -0.25) is 4.79 Å². The number of hydrogen-bond acceptors (Lipinski definition) is 3. The smallest absolute Gasteiger partial charge is 0.433 e. The van der Waals surface area contributed by atoms with Crippen LogP contribution < -0.4 is 0 Å². The normalized spacial score (nSPS) is 23.4. The van der Waals surface area contributed by atoms with Crippen molar-refractivity contribution in [3.63, 3.8) is 0 Å². The second-order valence-electron chi connectivity index (χ2n) is 5.57. The highest BCUT2D eigenvalue weighted by molar-refractivity contribution is 5.88. The van der Waals surface area contributed by atoms with Crippen LogP contribution in [0.4, 0.5) is 4.79 Å². The Morgan fingerprint density at radius 1 is 1.27 bits per heavy atom. The monoisotopic (exact) mass is 298 g/mol. The maximum absolute atomic E-state index is 12.3. The predicted octanol–water partition coefficient (Wildman–Crippen LogP) is 2.86. The number of carbonyl (C=O) groups is 2. The Morgan fingerprint density at radius 3 is 2.73 bits per heavy atom. The molecule has 22 heavy (non-hydrogen) atoms. The SMILES string of the molecule is CC1=C[C@H]2[C@@H](C)C(=O)N2N(C(=O)OCc2ccccc2)C=C1. The van der Waals surface area contributed by atoms with Gasteiger partial charge in [0, 0.05) is 6.20 Å². The molecule has 5 heteroatoms. The van der Waals surface area contributed by atoms with Gasteiger partial charge in [-0.15, -0.1) is 0 Å². The van der Waals surface area contributed by atoms with Crippen molar-refractivity contribution < 1.29 is 14.3 Å². The lowest BCUT2D eigenvalue weighted by Gasteiger charge is -2.47. The molecular formula is C17H18N2O3. The molecular weight excluding hydrogens is 280 g/mol. The minimum atomic E-state index is -0.548. The van der Waals surface area contributed by atoms with Gasteiger partial charge < -0.3 is 4.74 Å². The summed E-state index contributed by atoms with van der Waals surface area (Å²) in [7, 11) is 0. The number of rotatable bonds is 2. The summed E-state index contributed by atoms with van der Waals surface area (Å²) in [4.78, 5) is 24.4. The van der Waals surface area contributed by atoms with Crippen molar-refractivity contribution in [3.05, 3.63) is 59.8 Å². The molecule has 0 radical (unpaired) electrons. The Labute approximate surface area is 129 Å². The molecule has 114 valence electrons. The number of β-lactam (4-membered cyclic amide) rings is 1. The van der Waals surface area contributed by atoms with Crippen molar-refractivity contribution in [3.8, 4) is 0 Å². The fraction of sp³-hybridized carbons (Fsp3) is 0.294. The molecule has 2 heterocycles. The second-order valence-corrected chi connectivity index (χ2v) is 5.57. The van der Waals surface area contributed by atoms with Crippen molar-refractivity contribution in [1.82, 2.24) is 10.0 Å². The number of amides is 2. The standard InChI is InChI=1S/C17H18N2O3/c1-12-8-9-18(19-15(10-12)13(2)16(19)20)17(21)22-11-14-6-4-3-5-7-14/h3-10,13,15H,11H2,1-2H3/t13-,15+/m1/s1. The molecule has 0 bridgehead atoms. The number of ether oxygens (including phenoxy) is 1. The average Bonchev–Trinajstić information content (AvgIpc) is 2.70. The van der Waals surface area contributed by atoms with Crippen molar-refractivity contribution in [2.75, 3.05) is 0 Å². The lowest BCUT2D eigenvalue weighted by Crippen LogP contribution is -2.65. The van der Waals surface area contributed by atoms with Crippen molar-refractivity contribution in [2.45, 2.75) is 26.5 Å². The topological polar surface area (TPSA) is 49.9 Å². The molecule has 0 N–H and O–H groups in total. The minimum Gasteiger partial charge on any atom is -0.443 e. The average molecular weight is 298 g/mol. The van der Waals surface area contributed by atoms with Gasteiger partial charge in [-0.25, -0.2) is 9.80 Å². The van der Waals surface area contributed by atoms with Gasteiger partial charge in [0.1, 0.15) is 6.61 Å². The third-order valence-electron chi connectivity index (χ3n) is 3.95. The number of hydrazine groups is 1. The molecule has 0 aromatic heterocycles. The van der Waals surface area contributed by atoms with Crippen LogP contribution in [0.1, 0.15) is 19.4 Å². The largest absolute Gasteiger partial charge is 0.443 e. The van der Waals surface area contributed by atoms with E-state index in [9.17, 15) is 9.59 Å². The summed E-state index contributed by atoms with van der Waals surface area (Å²) in [6.07, 6.45) is 4.84. The molecule has 1 saturated heterocycles. The first-order valence-electron chi connectivity index (χ1n) is 7.27. The van der Waals surface area contributed by atoms with Gasteiger partial charge in [-0.1, -0.05) is 48.9 Å². The molecule has 1 fully saturated rings. The Morgan fingerprint density at radius 2 is 2.00 bits per heavy atom. The third-order valence-corrected chi connectivity index (χ3v) is 3.95. The Hall–Kier alpha value is -2.56. The van der Waals surface area contributed by atoms with E-state index in [0.29, 0.717) is 0 Å². The van der Waals surface area contributed by atoms with Crippen LogP contribution in [-0.4, -0.2) is 28.1 Å². The summed E-state index contributed by atoms with van der Waals surface area (Å²) in [5, 5.41) is 2.72. The van der Waals surface area contributed by atoms with Crippen LogP contribution in [0.2, 0.25) is 0 Å². The number of fused-ring (bicyclic) bond motifs is 1. The first-order valence-corrected chi connectivity index (χ1v) is 7.27. The van der Waals surface area contributed by atoms with Gasteiger partial charge in [-0.2, -0.15) is 5.01 Å². The molecule has 2 aliphatic heterocycles. The van der Waals surface area contributed by atoms with E-state index in [0.717, 1.165) is 11.1 Å². The van der Waals surface area contributed by atoms with E-state index < -0.39 is 6.09 Å². The zero-order chi connectivity index (χ0) is 15.7. The quantitative estimate of drug-likeness (QED) is 0.789. The van der Waals surface area contributed by atoms with Crippen LogP contribution in [0.25, 0.3) is 0 Å². The van der Waals surface area contributed by atoms with E-state index in [-0.39, 0.29) is 24.5 Å². The van der Waals surface area contributed by atoms with Crippen LogP contribution in [0.5, 0.6) is 0 Å². The molecule has 2 atom stereocenters. The van der Waals surface area contributed by atoms with E-state index in [1.165, 1.54) is 10.0 Å². The number of allylic oxidation sites excluding steroid dienone is 2. The highest BCUT2D eigenvalue weighted by atomic mass is 16.6. The highest BCUT2D eigenvalue weighted by Crippen LogP contribution is 2.32. The number of benzene rings is 1. The summed E-state index contributed by atoms with van der Waals surface area (Å²) in [6, 6.07) is 9.36. The second kappa shape index (κ2) is 5.67. The van der Waals surface area contributed by atoms with Crippen LogP contribution in [0.15, 0.2) is 54.3 Å². The summed E-state index contributed by atoms with van der Waals surface area (Å²) in [6.45, 7) is 3.99. The van der Waals surface area contributed by atoms with Crippen LogP contribution in [-0.2, 0) is 16.1 Å². The molecule has 5 nitrogen and oxygen atoms in total.